The van der Waals surface area contributed by atoms with Gasteiger partial charge in [0, 0.05) is 6.04 Å². The van der Waals surface area contributed by atoms with E-state index in [9.17, 15) is 0 Å². The molecule has 90 valence electrons. The smallest absolute Gasteiger partial charge is 0.121 e. The van der Waals surface area contributed by atoms with E-state index in [1.54, 1.807) is 7.11 Å². The normalized spacial score (nSPS) is 12.9. The maximum atomic E-state index is 5.59. The van der Waals surface area contributed by atoms with Gasteiger partial charge in [-0.3, -0.25) is 11.3 Å². The molecule has 0 fully saturated rings. The molecule has 0 aromatic heterocycles. The number of hydrogen-bond acceptors (Lipinski definition) is 3. The minimum atomic E-state index is 0.213. The summed E-state index contributed by atoms with van der Waals surface area (Å²) < 4.78 is 5.24. The monoisotopic (exact) mass is 222 g/mol. The van der Waals surface area contributed by atoms with Crippen LogP contribution in [0, 0.1) is 12.8 Å². The lowest BCUT2D eigenvalue weighted by molar-refractivity contribution is 0.409. The van der Waals surface area contributed by atoms with E-state index in [-0.39, 0.29) is 6.04 Å². The molecule has 1 atom stereocenters. The van der Waals surface area contributed by atoms with Crippen molar-refractivity contribution in [2.75, 3.05) is 7.11 Å². The summed E-state index contributed by atoms with van der Waals surface area (Å²) in [7, 11) is 1.69. The minimum absolute atomic E-state index is 0.213. The van der Waals surface area contributed by atoms with Gasteiger partial charge in [0.05, 0.1) is 7.11 Å². The Morgan fingerprint density at radius 2 is 2.06 bits per heavy atom. The van der Waals surface area contributed by atoms with Crippen molar-refractivity contribution in [2.24, 2.45) is 11.8 Å². The van der Waals surface area contributed by atoms with E-state index in [0.29, 0.717) is 5.92 Å². The van der Waals surface area contributed by atoms with E-state index in [2.05, 4.69) is 31.4 Å². The molecule has 1 aromatic carbocycles. The summed E-state index contributed by atoms with van der Waals surface area (Å²) in [6.45, 7) is 6.44. The zero-order valence-electron chi connectivity index (χ0n) is 10.6. The molecule has 3 nitrogen and oxygen atoms in total. The molecule has 0 bridgehead atoms. The van der Waals surface area contributed by atoms with Crippen LogP contribution in [-0.2, 0) is 0 Å². The van der Waals surface area contributed by atoms with Crippen molar-refractivity contribution in [3.8, 4) is 5.75 Å². The quantitative estimate of drug-likeness (QED) is 0.594. The van der Waals surface area contributed by atoms with E-state index in [4.69, 9.17) is 10.6 Å². The topological polar surface area (TPSA) is 47.3 Å². The van der Waals surface area contributed by atoms with E-state index in [1.165, 1.54) is 5.56 Å². The van der Waals surface area contributed by atoms with E-state index >= 15 is 0 Å². The number of methoxy groups -OCH3 is 1. The second kappa shape index (κ2) is 5.87. The predicted molar refractivity (Wildman–Crippen MR) is 67.3 cm³/mol. The summed E-state index contributed by atoms with van der Waals surface area (Å²) in [5.41, 5.74) is 5.23. The average molecular weight is 222 g/mol. The van der Waals surface area contributed by atoms with Crippen LogP contribution >= 0.6 is 0 Å². The zero-order chi connectivity index (χ0) is 12.1. The maximum Gasteiger partial charge on any atom is 0.121 e. The lowest BCUT2D eigenvalue weighted by atomic mass is 9.96. The first-order valence-electron chi connectivity index (χ1n) is 5.69. The van der Waals surface area contributed by atoms with E-state index in [0.717, 1.165) is 17.7 Å². The molecule has 0 saturated heterocycles. The van der Waals surface area contributed by atoms with E-state index in [1.807, 2.05) is 13.0 Å². The Morgan fingerprint density at radius 3 is 2.50 bits per heavy atom. The van der Waals surface area contributed by atoms with Gasteiger partial charge in [-0.05, 0) is 36.5 Å². The van der Waals surface area contributed by atoms with Crippen LogP contribution in [0.15, 0.2) is 18.2 Å². The van der Waals surface area contributed by atoms with Crippen molar-refractivity contribution >= 4 is 0 Å². The molecule has 0 aliphatic rings. The van der Waals surface area contributed by atoms with Crippen molar-refractivity contribution in [1.29, 1.82) is 0 Å². The molecule has 16 heavy (non-hydrogen) atoms. The largest absolute Gasteiger partial charge is 0.496 e. The maximum absolute atomic E-state index is 5.59. The number of benzene rings is 1. The number of aryl methyl sites for hydroxylation is 1. The number of hydrogen-bond donors (Lipinski definition) is 2. The summed E-state index contributed by atoms with van der Waals surface area (Å²) in [5.74, 6) is 7.13. The second-order valence-electron chi connectivity index (χ2n) is 4.58. The fraction of sp³-hybridized carbons (Fsp3) is 0.538. The van der Waals surface area contributed by atoms with Gasteiger partial charge in [0.25, 0.3) is 0 Å². The van der Waals surface area contributed by atoms with Gasteiger partial charge in [-0.1, -0.05) is 26.0 Å². The van der Waals surface area contributed by atoms with Crippen LogP contribution in [0.1, 0.15) is 37.4 Å². The highest BCUT2D eigenvalue weighted by Gasteiger charge is 2.12. The highest BCUT2D eigenvalue weighted by molar-refractivity contribution is 5.37. The molecular weight excluding hydrogens is 200 g/mol. The number of hydrazine groups is 1. The van der Waals surface area contributed by atoms with Crippen molar-refractivity contribution in [1.82, 2.24) is 5.43 Å². The molecule has 3 heteroatoms. The number of nitrogens with two attached hydrogens (primary N) is 1. The molecule has 0 aliphatic carbocycles. The van der Waals surface area contributed by atoms with Gasteiger partial charge in [0.2, 0.25) is 0 Å². The number of rotatable bonds is 5. The van der Waals surface area contributed by atoms with Gasteiger partial charge >= 0.3 is 0 Å². The molecule has 1 rings (SSSR count). The third-order valence-corrected chi connectivity index (χ3v) is 2.73. The third kappa shape index (κ3) is 3.22. The molecule has 0 saturated carbocycles. The Kier molecular flexibility index (Phi) is 4.77. The van der Waals surface area contributed by atoms with Crippen molar-refractivity contribution < 1.29 is 4.74 Å². The lowest BCUT2D eigenvalue weighted by Crippen LogP contribution is -2.29. The Labute approximate surface area is 98.0 Å². The molecule has 0 heterocycles. The van der Waals surface area contributed by atoms with Gasteiger partial charge < -0.3 is 4.74 Å². The first kappa shape index (κ1) is 13.0. The Bertz CT molecular complexity index is 337. The molecule has 0 radical (unpaired) electrons. The van der Waals surface area contributed by atoms with E-state index < -0.39 is 0 Å². The molecule has 0 spiro atoms. The Hall–Kier alpha value is -1.06. The molecule has 0 amide bonds. The lowest BCUT2D eigenvalue weighted by Gasteiger charge is -2.19. The van der Waals surface area contributed by atoms with Crippen LogP contribution in [0.5, 0.6) is 5.75 Å². The van der Waals surface area contributed by atoms with Crippen LogP contribution in [0.3, 0.4) is 0 Å². The third-order valence-electron chi connectivity index (χ3n) is 2.73. The average Bonchev–Trinajstić information content (AvgIpc) is 2.25. The van der Waals surface area contributed by atoms with Crippen LogP contribution in [0.25, 0.3) is 0 Å². The fourth-order valence-corrected chi connectivity index (χ4v) is 1.89. The summed E-state index contributed by atoms with van der Waals surface area (Å²) in [6.07, 6.45) is 1.03. The second-order valence-corrected chi connectivity index (χ2v) is 4.58. The SMILES string of the molecule is COc1ccc(C(CC(C)C)NN)cc1C. The van der Waals surface area contributed by atoms with Crippen LogP contribution in [0.2, 0.25) is 0 Å². The van der Waals surface area contributed by atoms with Crippen LogP contribution in [0.4, 0.5) is 0 Å². The summed E-state index contributed by atoms with van der Waals surface area (Å²) in [6, 6.07) is 6.41. The van der Waals surface area contributed by atoms with Gasteiger partial charge in [0.15, 0.2) is 0 Å². The van der Waals surface area contributed by atoms with Crippen molar-refractivity contribution in [2.45, 2.75) is 33.2 Å². The molecule has 3 N–H and O–H groups in total. The van der Waals surface area contributed by atoms with Gasteiger partial charge in [-0.15, -0.1) is 0 Å². The molecule has 1 aromatic rings. The van der Waals surface area contributed by atoms with Crippen molar-refractivity contribution in [3.05, 3.63) is 29.3 Å². The molecule has 1 unspecified atom stereocenters. The highest BCUT2D eigenvalue weighted by Crippen LogP contribution is 2.25. The van der Waals surface area contributed by atoms with Gasteiger partial charge in [0.1, 0.15) is 5.75 Å². The number of ether oxygens (including phenoxy) is 1. The van der Waals surface area contributed by atoms with Crippen LogP contribution < -0.4 is 16.0 Å². The Morgan fingerprint density at radius 1 is 1.38 bits per heavy atom. The van der Waals surface area contributed by atoms with Gasteiger partial charge in [-0.2, -0.15) is 0 Å². The molecular formula is C13H22N2O. The first-order chi connectivity index (χ1) is 7.58. The summed E-state index contributed by atoms with van der Waals surface area (Å²) in [5, 5.41) is 0. The van der Waals surface area contributed by atoms with Crippen LogP contribution in [-0.4, -0.2) is 7.11 Å². The Balaban J connectivity index is 2.89. The summed E-state index contributed by atoms with van der Waals surface area (Å²) in [4.78, 5) is 0. The number of nitrogens with one attached hydrogen (secondary N) is 1. The summed E-state index contributed by atoms with van der Waals surface area (Å²) >= 11 is 0. The standard InChI is InChI=1S/C13H22N2O/c1-9(2)7-12(15-14)11-5-6-13(16-4)10(3)8-11/h5-6,8-9,12,15H,7,14H2,1-4H3. The zero-order valence-corrected chi connectivity index (χ0v) is 10.6. The highest BCUT2D eigenvalue weighted by atomic mass is 16.5. The van der Waals surface area contributed by atoms with Crippen molar-refractivity contribution in [3.63, 3.8) is 0 Å². The van der Waals surface area contributed by atoms with Gasteiger partial charge in [-0.25, -0.2) is 0 Å². The molecule has 0 aliphatic heterocycles. The fourth-order valence-electron chi connectivity index (χ4n) is 1.89. The minimum Gasteiger partial charge on any atom is -0.496 e. The predicted octanol–water partition coefficient (Wildman–Crippen LogP) is 2.55. The first-order valence-corrected chi connectivity index (χ1v) is 5.69.